The number of likely N-dealkylation sites (tertiary alicyclic amines) is 2. The Morgan fingerprint density at radius 3 is 2.30 bits per heavy atom. The Balaban J connectivity index is 1.57. The number of carbonyl (C=O) groups is 2. The van der Waals surface area contributed by atoms with Crippen LogP contribution in [0.4, 0.5) is 0 Å². The highest BCUT2D eigenvalue weighted by atomic mass is 16.2. The number of nitrogens with zero attached hydrogens (tertiary/aromatic N) is 2. The highest BCUT2D eigenvalue weighted by Crippen LogP contribution is 2.32. The molecule has 0 spiro atoms. The molecule has 2 aliphatic rings. The number of carbonyl (C=O) groups excluding carboxylic acids is 2. The SMILES string of the molecule is CC(=O)N1CCC(C2CCN(C(=O)c3cccc(C)c3)C2)CC1. The van der Waals surface area contributed by atoms with E-state index in [4.69, 9.17) is 0 Å². The first-order chi connectivity index (χ1) is 11.0. The molecule has 1 aromatic carbocycles. The molecule has 1 unspecified atom stereocenters. The van der Waals surface area contributed by atoms with E-state index in [2.05, 4.69) is 0 Å². The van der Waals surface area contributed by atoms with Crippen LogP contribution in [0, 0.1) is 18.8 Å². The molecule has 0 radical (unpaired) electrons. The molecule has 2 saturated heterocycles. The van der Waals surface area contributed by atoms with Crippen molar-refractivity contribution in [3.8, 4) is 0 Å². The summed E-state index contributed by atoms with van der Waals surface area (Å²) in [5, 5.41) is 0. The van der Waals surface area contributed by atoms with Crippen molar-refractivity contribution in [1.82, 2.24) is 9.80 Å². The van der Waals surface area contributed by atoms with Crippen molar-refractivity contribution in [2.75, 3.05) is 26.2 Å². The molecule has 0 saturated carbocycles. The molecule has 2 aliphatic heterocycles. The predicted molar refractivity (Wildman–Crippen MR) is 90.2 cm³/mol. The highest BCUT2D eigenvalue weighted by Gasteiger charge is 2.34. The van der Waals surface area contributed by atoms with Gasteiger partial charge in [-0.1, -0.05) is 17.7 Å². The zero-order valence-corrected chi connectivity index (χ0v) is 14.1. The smallest absolute Gasteiger partial charge is 0.253 e. The lowest BCUT2D eigenvalue weighted by atomic mass is 9.84. The molecule has 0 N–H and O–H groups in total. The van der Waals surface area contributed by atoms with Gasteiger partial charge in [0.1, 0.15) is 0 Å². The third-order valence-corrected chi connectivity index (χ3v) is 5.43. The summed E-state index contributed by atoms with van der Waals surface area (Å²) < 4.78 is 0. The van der Waals surface area contributed by atoms with Crippen LogP contribution in [0.5, 0.6) is 0 Å². The molecular formula is C19H26N2O2. The summed E-state index contributed by atoms with van der Waals surface area (Å²) in [6.45, 7) is 7.16. The van der Waals surface area contributed by atoms with E-state index >= 15 is 0 Å². The van der Waals surface area contributed by atoms with Gasteiger partial charge in [0.15, 0.2) is 0 Å². The molecular weight excluding hydrogens is 288 g/mol. The first-order valence-electron chi connectivity index (χ1n) is 8.66. The van der Waals surface area contributed by atoms with E-state index in [0.29, 0.717) is 11.8 Å². The molecule has 0 aromatic heterocycles. The van der Waals surface area contributed by atoms with Gasteiger partial charge in [0.05, 0.1) is 0 Å². The molecule has 3 rings (SSSR count). The maximum Gasteiger partial charge on any atom is 0.253 e. The Morgan fingerprint density at radius 2 is 1.65 bits per heavy atom. The Hall–Kier alpha value is -1.84. The van der Waals surface area contributed by atoms with E-state index in [-0.39, 0.29) is 11.8 Å². The van der Waals surface area contributed by atoms with Gasteiger partial charge in [-0.2, -0.15) is 0 Å². The van der Waals surface area contributed by atoms with Crippen molar-refractivity contribution >= 4 is 11.8 Å². The van der Waals surface area contributed by atoms with Crippen molar-refractivity contribution in [3.05, 3.63) is 35.4 Å². The summed E-state index contributed by atoms with van der Waals surface area (Å²) >= 11 is 0. The molecule has 2 fully saturated rings. The van der Waals surface area contributed by atoms with E-state index in [1.807, 2.05) is 41.0 Å². The highest BCUT2D eigenvalue weighted by molar-refractivity contribution is 5.94. The Labute approximate surface area is 138 Å². The van der Waals surface area contributed by atoms with Crippen LogP contribution in [0.25, 0.3) is 0 Å². The average Bonchev–Trinajstić information content (AvgIpc) is 3.04. The van der Waals surface area contributed by atoms with Crippen molar-refractivity contribution < 1.29 is 9.59 Å². The van der Waals surface area contributed by atoms with E-state index in [1.54, 1.807) is 6.92 Å². The number of hydrogen-bond donors (Lipinski definition) is 0. The minimum absolute atomic E-state index is 0.164. The number of piperidine rings is 1. The molecule has 1 aromatic rings. The van der Waals surface area contributed by atoms with Gasteiger partial charge in [0.2, 0.25) is 5.91 Å². The first kappa shape index (κ1) is 16.0. The van der Waals surface area contributed by atoms with Crippen LogP contribution in [-0.4, -0.2) is 47.8 Å². The van der Waals surface area contributed by atoms with E-state index in [1.165, 1.54) is 0 Å². The van der Waals surface area contributed by atoms with Gasteiger partial charge in [0, 0.05) is 38.7 Å². The molecule has 2 amide bonds. The van der Waals surface area contributed by atoms with E-state index < -0.39 is 0 Å². The summed E-state index contributed by atoms with van der Waals surface area (Å²) in [6.07, 6.45) is 3.26. The third-order valence-electron chi connectivity index (χ3n) is 5.43. The third kappa shape index (κ3) is 3.57. The van der Waals surface area contributed by atoms with Crippen molar-refractivity contribution in [1.29, 1.82) is 0 Å². The van der Waals surface area contributed by atoms with Gasteiger partial charge in [-0.3, -0.25) is 9.59 Å². The second kappa shape index (κ2) is 6.73. The van der Waals surface area contributed by atoms with Crippen LogP contribution in [0.2, 0.25) is 0 Å². The number of hydrogen-bond acceptors (Lipinski definition) is 2. The first-order valence-corrected chi connectivity index (χ1v) is 8.66. The lowest BCUT2D eigenvalue weighted by molar-refractivity contribution is -0.130. The largest absolute Gasteiger partial charge is 0.343 e. The second-order valence-electron chi connectivity index (χ2n) is 7.01. The summed E-state index contributed by atoms with van der Waals surface area (Å²) in [5.41, 5.74) is 1.93. The Kier molecular flexibility index (Phi) is 4.69. The molecule has 124 valence electrons. The number of aryl methyl sites for hydroxylation is 1. The second-order valence-corrected chi connectivity index (χ2v) is 7.01. The normalized spacial score (nSPS) is 22.4. The van der Waals surface area contributed by atoms with Gasteiger partial charge in [0.25, 0.3) is 5.91 Å². The topological polar surface area (TPSA) is 40.6 Å². The van der Waals surface area contributed by atoms with Gasteiger partial charge in [-0.05, 0) is 50.2 Å². The van der Waals surface area contributed by atoms with Crippen LogP contribution in [-0.2, 0) is 4.79 Å². The lowest BCUT2D eigenvalue weighted by Crippen LogP contribution is -2.39. The zero-order chi connectivity index (χ0) is 16.4. The van der Waals surface area contributed by atoms with Gasteiger partial charge < -0.3 is 9.80 Å². The van der Waals surface area contributed by atoms with Crippen LogP contribution in [0.15, 0.2) is 24.3 Å². The van der Waals surface area contributed by atoms with Crippen LogP contribution in [0.1, 0.15) is 42.1 Å². The minimum atomic E-state index is 0.164. The molecule has 23 heavy (non-hydrogen) atoms. The van der Waals surface area contributed by atoms with Crippen molar-refractivity contribution in [3.63, 3.8) is 0 Å². The Bertz CT molecular complexity index is 591. The molecule has 0 aliphatic carbocycles. The summed E-state index contributed by atoms with van der Waals surface area (Å²) in [7, 11) is 0. The van der Waals surface area contributed by atoms with Crippen LogP contribution < -0.4 is 0 Å². The van der Waals surface area contributed by atoms with Crippen molar-refractivity contribution in [2.45, 2.75) is 33.1 Å². The van der Waals surface area contributed by atoms with Gasteiger partial charge >= 0.3 is 0 Å². The maximum atomic E-state index is 12.6. The summed E-state index contributed by atoms with van der Waals surface area (Å²) in [4.78, 5) is 28.0. The number of benzene rings is 1. The fourth-order valence-electron chi connectivity index (χ4n) is 4.00. The van der Waals surface area contributed by atoms with E-state index in [0.717, 1.165) is 56.6 Å². The lowest BCUT2D eigenvalue weighted by Gasteiger charge is -2.34. The van der Waals surface area contributed by atoms with Crippen LogP contribution >= 0.6 is 0 Å². The average molecular weight is 314 g/mol. The quantitative estimate of drug-likeness (QED) is 0.842. The summed E-state index contributed by atoms with van der Waals surface area (Å²) in [5.74, 6) is 1.60. The molecule has 4 nitrogen and oxygen atoms in total. The fourth-order valence-corrected chi connectivity index (χ4v) is 4.00. The van der Waals surface area contributed by atoms with Crippen LogP contribution in [0.3, 0.4) is 0 Å². The Morgan fingerprint density at radius 1 is 1.00 bits per heavy atom. The molecule has 0 bridgehead atoms. The molecule has 4 heteroatoms. The number of amides is 2. The monoisotopic (exact) mass is 314 g/mol. The van der Waals surface area contributed by atoms with Gasteiger partial charge in [-0.25, -0.2) is 0 Å². The fraction of sp³-hybridized carbons (Fsp3) is 0.579. The van der Waals surface area contributed by atoms with Crippen molar-refractivity contribution in [2.24, 2.45) is 11.8 Å². The summed E-state index contributed by atoms with van der Waals surface area (Å²) in [6, 6.07) is 7.86. The van der Waals surface area contributed by atoms with Gasteiger partial charge in [-0.15, -0.1) is 0 Å². The molecule has 2 heterocycles. The predicted octanol–water partition coefficient (Wildman–Crippen LogP) is 2.72. The van der Waals surface area contributed by atoms with E-state index in [9.17, 15) is 9.59 Å². The standard InChI is InChI=1S/C19H26N2O2/c1-14-4-3-5-17(12-14)19(23)21-11-8-18(13-21)16-6-9-20(10-7-16)15(2)22/h3-5,12,16,18H,6-11,13H2,1-2H3. The number of rotatable bonds is 2. The minimum Gasteiger partial charge on any atom is -0.343 e. The molecule has 1 atom stereocenters. The zero-order valence-electron chi connectivity index (χ0n) is 14.1. The maximum absolute atomic E-state index is 12.6.